The molecule has 0 bridgehead atoms. The molecule has 1 aromatic carbocycles. The predicted octanol–water partition coefficient (Wildman–Crippen LogP) is 1.89. The zero-order valence-corrected chi connectivity index (χ0v) is 10.6. The summed E-state index contributed by atoms with van der Waals surface area (Å²) in [7, 11) is 0. The molecule has 18 heavy (non-hydrogen) atoms. The molecule has 1 atom stereocenters. The van der Waals surface area contributed by atoms with E-state index in [1.165, 1.54) is 12.1 Å². The third kappa shape index (κ3) is 2.46. The van der Waals surface area contributed by atoms with Gasteiger partial charge in [-0.15, -0.1) is 0 Å². The van der Waals surface area contributed by atoms with Crippen LogP contribution in [0.25, 0.3) is 0 Å². The molecule has 0 aromatic heterocycles. The van der Waals surface area contributed by atoms with Gasteiger partial charge in [-0.05, 0) is 29.9 Å². The Hall–Kier alpha value is -1.62. The van der Waals surface area contributed by atoms with Crippen LogP contribution in [0, 0.1) is 17.2 Å². The number of amides is 1. The van der Waals surface area contributed by atoms with Crippen molar-refractivity contribution in [3.63, 3.8) is 0 Å². The molecule has 1 unspecified atom stereocenters. The second kappa shape index (κ2) is 4.57. The highest BCUT2D eigenvalue weighted by Gasteiger charge is 2.45. The number of hydrazine groups is 1. The van der Waals surface area contributed by atoms with Gasteiger partial charge in [-0.2, -0.15) is 0 Å². The van der Waals surface area contributed by atoms with Crippen molar-refractivity contribution >= 4 is 11.6 Å². The number of halogens is 1. The lowest BCUT2D eigenvalue weighted by Gasteiger charge is -2.11. The maximum atomic E-state index is 13.4. The first-order valence-electron chi connectivity index (χ1n) is 5.99. The molecular weight excluding hydrogens is 233 g/mol. The minimum absolute atomic E-state index is 0.0325. The minimum atomic E-state index is -0.531. The SMILES string of the molecule is CC1(C)CC1CNC(=O)c1cccc(F)c1NN. The lowest BCUT2D eigenvalue weighted by atomic mass is 10.1. The van der Waals surface area contributed by atoms with Crippen molar-refractivity contribution in [1.29, 1.82) is 0 Å². The number of carbonyl (C=O) groups is 1. The Balaban J connectivity index is 2.03. The van der Waals surface area contributed by atoms with E-state index in [1.807, 2.05) is 0 Å². The fraction of sp³-hybridized carbons (Fsp3) is 0.462. The summed E-state index contributed by atoms with van der Waals surface area (Å²) in [5.74, 6) is 4.90. The fourth-order valence-electron chi connectivity index (χ4n) is 2.10. The van der Waals surface area contributed by atoms with Gasteiger partial charge in [0.1, 0.15) is 5.82 Å². The molecule has 0 radical (unpaired) electrons. The highest BCUT2D eigenvalue weighted by molar-refractivity contribution is 5.99. The number of nitrogens with one attached hydrogen (secondary N) is 2. The third-order valence-corrected chi connectivity index (χ3v) is 3.63. The lowest BCUT2D eigenvalue weighted by molar-refractivity contribution is 0.0951. The van der Waals surface area contributed by atoms with Crippen LogP contribution < -0.4 is 16.6 Å². The smallest absolute Gasteiger partial charge is 0.253 e. The van der Waals surface area contributed by atoms with Crippen LogP contribution in [0.3, 0.4) is 0 Å². The summed E-state index contributed by atoms with van der Waals surface area (Å²) in [4.78, 5) is 11.9. The summed E-state index contributed by atoms with van der Waals surface area (Å²) in [5, 5.41) is 2.82. The monoisotopic (exact) mass is 251 g/mol. The van der Waals surface area contributed by atoms with E-state index in [0.29, 0.717) is 17.9 Å². The third-order valence-electron chi connectivity index (χ3n) is 3.63. The molecule has 1 aliphatic carbocycles. The van der Waals surface area contributed by atoms with Crippen LogP contribution in [-0.2, 0) is 0 Å². The molecule has 1 amide bonds. The number of nitrogens with two attached hydrogens (primary N) is 1. The molecule has 4 nitrogen and oxygen atoms in total. The number of para-hydroxylation sites is 1. The van der Waals surface area contributed by atoms with Crippen LogP contribution in [0.2, 0.25) is 0 Å². The van der Waals surface area contributed by atoms with Crippen molar-refractivity contribution < 1.29 is 9.18 Å². The van der Waals surface area contributed by atoms with Crippen LogP contribution in [0.4, 0.5) is 10.1 Å². The van der Waals surface area contributed by atoms with Crippen molar-refractivity contribution in [1.82, 2.24) is 5.32 Å². The maximum absolute atomic E-state index is 13.4. The standard InChI is InChI=1S/C13H18FN3O/c1-13(2)6-8(13)7-16-12(18)9-4-3-5-10(14)11(9)17-15/h3-5,8,17H,6-7,15H2,1-2H3,(H,16,18). The number of benzene rings is 1. The zero-order chi connectivity index (χ0) is 13.3. The van der Waals surface area contributed by atoms with E-state index in [-0.39, 0.29) is 17.2 Å². The second-order valence-electron chi connectivity index (χ2n) is 5.41. The Kier molecular flexibility index (Phi) is 3.26. The molecule has 1 aromatic rings. The Morgan fingerprint density at radius 3 is 2.78 bits per heavy atom. The zero-order valence-electron chi connectivity index (χ0n) is 10.6. The van der Waals surface area contributed by atoms with Gasteiger partial charge >= 0.3 is 0 Å². The van der Waals surface area contributed by atoms with E-state index in [4.69, 9.17) is 5.84 Å². The Labute approximate surface area is 106 Å². The molecule has 0 heterocycles. The molecule has 0 aliphatic heterocycles. The highest BCUT2D eigenvalue weighted by atomic mass is 19.1. The molecule has 4 N–H and O–H groups in total. The average Bonchev–Trinajstić information content (AvgIpc) is 2.93. The summed E-state index contributed by atoms with van der Waals surface area (Å²) in [5.41, 5.74) is 2.80. The number of nitrogen functional groups attached to an aromatic ring is 1. The summed E-state index contributed by atoms with van der Waals surface area (Å²) in [6, 6.07) is 4.30. The van der Waals surface area contributed by atoms with Crippen LogP contribution in [0.1, 0.15) is 30.6 Å². The van der Waals surface area contributed by atoms with Gasteiger partial charge in [0.2, 0.25) is 0 Å². The van der Waals surface area contributed by atoms with Crippen molar-refractivity contribution in [3.8, 4) is 0 Å². The van der Waals surface area contributed by atoms with Gasteiger partial charge in [0.15, 0.2) is 0 Å². The topological polar surface area (TPSA) is 67.2 Å². The quantitative estimate of drug-likeness (QED) is 0.565. The molecule has 98 valence electrons. The summed E-state index contributed by atoms with van der Waals surface area (Å²) >= 11 is 0. The fourth-order valence-corrected chi connectivity index (χ4v) is 2.10. The van der Waals surface area contributed by atoms with E-state index < -0.39 is 5.82 Å². The second-order valence-corrected chi connectivity index (χ2v) is 5.41. The first-order chi connectivity index (χ1) is 8.45. The van der Waals surface area contributed by atoms with Crippen molar-refractivity contribution in [2.24, 2.45) is 17.2 Å². The Morgan fingerprint density at radius 1 is 1.56 bits per heavy atom. The van der Waals surface area contributed by atoms with Crippen LogP contribution in [-0.4, -0.2) is 12.5 Å². The van der Waals surface area contributed by atoms with E-state index in [9.17, 15) is 9.18 Å². The molecule has 0 saturated heterocycles. The first kappa shape index (κ1) is 12.8. The molecular formula is C13H18FN3O. The number of hydrogen-bond donors (Lipinski definition) is 3. The molecule has 1 saturated carbocycles. The van der Waals surface area contributed by atoms with E-state index in [1.54, 1.807) is 6.07 Å². The molecule has 0 spiro atoms. The molecule has 2 rings (SSSR count). The number of anilines is 1. The largest absolute Gasteiger partial charge is 0.352 e. The van der Waals surface area contributed by atoms with E-state index in [2.05, 4.69) is 24.6 Å². The van der Waals surface area contributed by atoms with Crippen LogP contribution in [0.15, 0.2) is 18.2 Å². The van der Waals surface area contributed by atoms with Crippen molar-refractivity contribution in [2.75, 3.05) is 12.0 Å². The summed E-state index contributed by atoms with van der Waals surface area (Å²) in [6.07, 6.45) is 1.11. The Bertz CT molecular complexity index is 473. The van der Waals surface area contributed by atoms with Crippen LogP contribution in [0.5, 0.6) is 0 Å². The van der Waals surface area contributed by atoms with Crippen molar-refractivity contribution in [3.05, 3.63) is 29.6 Å². The lowest BCUT2D eigenvalue weighted by Crippen LogP contribution is -2.28. The van der Waals surface area contributed by atoms with Gasteiger partial charge < -0.3 is 10.7 Å². The van der Waals surface area contributed by atoms with Gasteiger partial charge in [0.25, 0.3) is 5.91 Å². The predicted molar refractivity (Wildman–Crippen MR) is 68.4 cm³/mol. The van der Waals surface area contributed by atoms with E-state index >= 15 is 0 Å². The van der Waals surface area contributed by atoms with Gasteiger partial charge in [0, 0.05) is 6.54 Å². The molecule has 5 heteroatoms. The number of rotatable bonds is 4. The van der Waals surface area contributed by atoms with E-state index in [0.717, 1.165) is 6.42 Å². The van der Waals surface area contributed by atoms with Crippen LogP contribution >= 0.6 is 0 Å². The summed E-state index contributed by atoms with van der Waals surface area (Å²) < 4.78 is 13.4. The van der Waals surface area contributed by atoms with Gasteiger partial charge in [0.05, 0.1) is 11.3 Å². The summed E-state index contributed by atoms with van der Waals surface area (Å²) in [6.45, 7) is 4.95. The van der Waals surface area contributed by atoms with Crippen molar-refractivity contribution in [2.45, 2.75) is 20.3 Å². The normalized spacial score (nSPS) is 20.3. The number of hydrogen-bond acceptors (Lipinski definition) is 3. The number of carbonyl (C=O) groups excluding carboxylic acids is 1. The molecule has 1 aliphatic rings. The minimum Gasteiger partial charge on any atom is -0.352 e. The highest BCUT2D eigenvalue weighted by Crippen LogP contribution is 2.50. The van der Waals surface area contributed by atoms with Gasteiger partial charge in [-0.3, -0.25) is 10.6 Å². The maximum Gasteiger partial charge on any atom is 0.253 e. The average molecular weight is 251 g/mol. The van der Waals surface area contributed by atoms with Gasteiger partial charge in [-0.25, -0.2) is 4.39 Å². The van der Waals surface area contributed by atoms with Gasteiger partial charge in [-0.1, -0.05) is 19.9 Å². The molecule has 1 fully saturated rings. The Morgan fingerprint density at radius 2 is 2.22 bits per heavy atom. The first-order valence-corrected chi connectivity index (χ1v) is 5.99.